The van der Waals surface area contributed by atoms with Gasteiger partial charge in [0.05, 0.1) is 6.42 Å². The zero-order valence-corrected chi connectivity index (χ0v) is 16.5. The van der Waals surface area contributed by atoms with Crippen LogP contribution in [0, 0.1) is 0 Å². The average molecular weight is 408 g/mol. The fourth-order valence-corrected chi connectivity index (χ4v) is 4.25. The lowest BCUT2D eigenvalue weighted by molar-refractivity contribution is -0.143. The molecule has 2 amide bonds. The zero-order chi connectivity index (χ0) is 21.1. The molecule has 1 unspecified atom stereocenters. The molecule has 1 aliphatic carbocycles. The van der Waals surface area contributed by atoms with Gasteiger partial charge in [-0.25, -0.2) is 9.59 Å². The number of alkyl carbamates (subject to hydrolysis) is 1. The Hall–Kier alpha value is -3.35. The number of aliphatic carboxylic acids is 1. The molecule has 0 saturated carbocycles. The monoisotopic (exact) mass is 408 g/mol. The van der Waals surface area contributed by atoms with Gasteiger partial charge in [0.25, 0.3) is 0 Å². The van der Waals surface area contributed by atoms with E-state index in [2.05, 4.69) is 5.32 Å². The van der Waals surface area contributed by atoms with Crippen molar-refractivity contribution in [2.75, 3.05) is 19.7 Å². The summed E-state index contributed by atoms with van der Waals surface area (Å²) in [5.41, 5.74) is 4.37. The normalized spacial score (nSPS) is 15.9. The number of carbonyl (C=O) groups excluding carboxylic acids is 2. The predicted molar refractivity (Wildman–Crippen MR) is 110 cm³/mol. The summed E-state index contributed by atoms with van der Waals surface area (Å²) < 4.78 is 5.39. The summed E-state index contributed by atoms with van der Waals surface area (Å²) in [5, 5.41) is 11.7. The third-order valence-electron chi connectivity index (χ3n) is 5.77. The number of nitrogens with zero attached hydrogens (tertiary/aromatic N) is 1. The number of carboxylic acids is 1. The molecule has 2 aromatic rings. The molecular formula is C23H24N2O5. The number of rotatable bonds is 6. The maximum Gasteiger partial charge on any atom is 0.407 e. The van der Waals surface area contributed by atoms with Gasteiger partial charge in [0.2, 0.25) is 5.91 Å². The van der Waals surface area contributed by atoms with E-state index in [9.17, 15) is 19.5 Å². The van der Waals surface area contributed by atoms with E-state index in [0.717, 1.165) is 35.1 Å². The molecule has 2 aromatic carbocycles. The van der Waals surface area contributed by atoms with Gasteiger partial charge in [-0.1, -0.05) is 48.5 Å². The fourth-order valence-electron chi connectivity index (χ4n) is 4.25. The lowest BCUT2D eigenvalue weighted by Gasteiger charge is -2.20. The van der Waals surface area contributed by atoms with Crippen molar-refractivity contribution in [3.05, 3.63) is 59.7 Å². The van der Waals surface area contributed by atoms with Crippen LogP contribution in [-0.4, -0.2) is 53.7 Å². The lowest BCUT2D eigenvalue weighted by Crippen LogP contribution is -2.45. The molecule has 1 aliphatic heterocycles. The number of likely N-dealkylation sites (tertiary alicyclic amines) is 1. The van der Waals surface area contributed by atoms with E-state index in [1.165, 1.54) is 0 Å². The van der Waals surface area contributed by atoms with E-state index in [0.29, 0.717) is 13.1 Å². The van der Waals surface area contributed by atoms with Crippen molar-refractivity contribution in [2.45, 2.75) is 31.2 Å². The third kappa shape index (κ3) is 4.01. The highest BCUT2D eigenvalue weighted by atomic mass is 16.5. The van der Waals surface area contributed by atoms with E-state index in [1.54, 1.807) is 4.90 Å². The zero-order valence-electron chi connectivity index (χ0n) is 16.5. The minimum atomic E-state index is -1.31. The number of hydrogen-bond acceptors (Lipinski definition) is 4. The Balaban J connectivity index is 1.39. The van der Waals surface area contributed by atoms with Gasteiger partial charge in [-0.15, -0.1) is 0 Å². The van der Waals surface area contributed by atoms with Gasteiger partial charge >= 0.3 is 12.1 Å². The highest BCUT2D eigenvalue weighted by Crippen LogP contribution is 2.44. The summed E-state index contributed by atoms with van der Waals surface area (Å²) in [7, 11) is 0. The van der Waals surface area contributed by atoms with Crippen LogP contribution in [0.5, 0.6) is 0 Å². The first-order valence-corrected chi connectivity index (χ1v) is 10.2. The first-order valence-electron chi connectivity index (χ1n) is 10.2. The quantitative estimate of drug-likeness (QED) is 0.766. The maximum absolute atomic E-state index is 12.3. The van der Waals surface area contributed by atoms with Crippen LogP contribution in [-0.2, 0) is 14.3 Å². The molecule has 1 atom stereocenters. The predicted octanol–water partition coefficient (Wildman–Crippen LogP) is 2.99. The van der Waals surface area contributed by atoms with Crippen molar-refractivity contribution < 1.29 is 24.2 Å². The summed E-state index contributed by atoms with van der Waals surface area (Å²) in [4.78, 5) is 37.7. The van der Waals surface area contributed by atoms with Gasteiger partial charge < -0.3 is 20.1 Å². The topological polar surface area (TPSA) is 95.9 Å². The van der Waals surface area contributed by atoms with Crippen molar-refractivity contribution in [1.82, 2.24) is 10.2 Å². The molecule has 0 radical (unpaired) electrons. The van der Waals surface area contributed by atoms with Crippen LogP contribution in [0.3, 0.4) is 0 Å². The summed E-state index contributed by atoms with van der Waals surface area (Å²) in [6, 6.07) is 14.6. The second-order valence-electron chi connectivity index (χ2n) is 7.65. The fraction of sp³-hybridized carbons (Fsp3) is 0.348. The molecule has 1 fully saturated rings. The lowest BCUT2D eigenvalue weighted by atomic mass is 9.98. The summed E-state index contributed by atoms with van der Waals surface area (Å²) in [6.07, 6.45) is 0.727. The Labute approximate surface area is 174 Å². The number of fused-ring (bicyclic) bond motifs is 3. The minimum absolute atomic E-state index is 0.0896. The van der Waals surface area contributed by atoms with Crippen molar-refractivity contribution in [2.24, 2.45) is 0 Å². The molecule has 4 rings (SSSR count). The Kier molecular flexibility index (Phi) is 5.70. The number of nitrogens with one attached hydrogen (secondary N) is 1. The number of carbonyl (C=O) groups is 3. The van der Waals surface area contributed by atoms with Gasteiger partial charge in [0, 0.05) is 19.0 Å². The van der Waals surface area contributed by atoms with Gasteiger partial charge in [-0.2, -0.15) is 0 Å². The average Bonchev–Trinajstić information content (AvgIpc) is 3.39. The molecule has 0 bridgehead atoms. The standard InChI is InChI=1S/C23H24N2O5/c26-21(25-11-5-6-12-25)13-20(22(27)28)24-23(29)30-14-19-17-9-3-1-7-15(17)16-8-2-4-10-18(16)19/h1-4,7-10,19-20H,5-6,11-14H2,(H,24,29)(H,27,28). The molecule has 2 N–H and O–H groups in total. The van der Waals surface area contributed by atoms with Crippen LogP contribution < -0.4 is 5.32 Å². The number of ether oxygens (including phenoxy) is 1. The molecule has 30 heavy (non-hydrogen) atoms. The van der Waals surface area contributed by atoms with Crippen LogP contribution in [0.4, 0.5) is 4.79 Å². The molecule has 156 valence electrons. The van der Waals surface area contributed by atoms with Crippen LogP contribution in [0.1, 0.15) is 36.3 Å². The molecule has 0 aromatic heterocycles. The Morgan fingerprint density at radius 1 is 1.00 bits per heavy atom. The van der Waals surface area contributed by atoms with E-state index in [-0.39, 0.29) is 24.9 Å². The third-order valence-corrected chi connectivity index (χ3v) is 5.77. The molecule has 7 heteroatoms. The maximum atomic E-state index is 12.3. The van der Waals surface area contributed by atoms with Crippen LogP contribution >= 0.6 is 0 Å². The van der Waals surface area contributed by atoms with E-state index in [4.69, 9.17) is 4.74 Å². The number of amides is 2. The largest absolute Gasteiger partial charge is 0.480 e. The molecular weight excluding hydrogens is 384 g/mol. The van der Waals surface area contributed by atoms with Crippen LogP contribution in [0.2, 0.25) is 0 Å². The molecule has 7 nitrogen and oxygen atoms in total. The highest BCUT2D eigenvalue weighted by Gasteiger charge is 2.31. The molecule has 2 aliphatic rings. The highest BCUT2D eigenvalue weighted by molar-refractivity contribution is 5.87. The van der Waals surface area contributed by atoms with E-state index in [1.807, 2.05) is 48.5 Å². The van der Waals surface area contributed by atoms with Gasteiger partial charge in [-0.3, -0.25) is 4.79 Å². The van der Waals surface area contributed by atoms with Crippen LogP contribution in [0.25, 0.3) is 11.1 Å². The number of carboxylic acid groups (broad SMARTS) is 1. The van der Waals surface area contributed by atoms with Gasteiger partial charge in [0.15, 0.2) is 0 Å². The minimum Gasteiger partial charge on any atom is -0.480 e. The van der Waals surface area contributed by atoms with Crippen molar-refractivity contribution in [1.29, 1.82) is 0 Å². The van der Waals surface area contributed by atoms with Crippen molar-refractivity contribution >= 4 is 18.0 Å². The summed E-state index contributed by atoms with van der Waals surface area (Å²) >= 11 is 0. The Bertz CT molecular complexity index is 922. The Morgan fingerprint density at radius 2 is 1.57 bits per heavy atom. The van der Waals surface area contributed by atoms with Gasteiger partial charge in [0.1, 0.15) is 12.6 Å². The summed E-state index contributed by atoms with van der Waals surface area (Å²) in [5.74, 6) is -1.63. The smallest absolute Gasteiger partial charge is 0.407 e. The number of hydrogen-bond donors (Lipinski definition) is 2. The number of benzene rings is 2. The molecule has 1 saturated heterocycles. The second-order valence-corrected chi connectivity index (χ2v) is 7.65. The van der Waals surface area contributed by atoms with E-state index >= 15 is 0 Å². The van der Waals surface area contributed by atoms with Crippen molar-refractivity contribution in [3.8, 4) is 11.1 Å². The SMILES string of the molecule is O=C(NC(CC(=O)N1CCCC1)C(=O)O)OCC1c2ccccc2-c2ccccc21. The van der Waals surface area contributed by atoms with E-state index < -0.39 is 18.1 Å². The Morgan fingerprint density at radius 3 is 2.13 bits per heavy atom. The first kappa shape index (κ1) is 19.9. The molecule has 1 heterocycles. The molecule has 0 spiro atoms. The van der Waals surface area contributed by atoms with Crippen molar-refractivity contribution in [3.63, 3.8) is 0 Å². The first-order chi connectivity index (χ1) is 14.5. The summed E-state index contributed by atoms with van der Waals surface area (Å²) in [6.45, 7) is 1.36. The van der Waals surface area contributed by atoms with Crippen LogP contribution in [0.15, 0.2) is 48.5 Å². The van der Waals surface area contributed by atoms with Gasteiger partial charge in [-0.05, 0) is 35.1 Å². The second kappa shape index (κ2) is 8.57.